The van der Waals surface area contributed by atoms with E-state index in [2.05, 4.69) is 33.9 Å². The molecule has 0 radical (unpaired) electrons. The van der Waals surface area contributed by atoms with Gasteiger partial charge in [-0.05, 0) is 70.5 Å². The summed E-state index contributed by atoms with van der Waals surface area (Å²) in [5.74, 6) is 0.404. The van der Waals surface area contributed by atoms with Crippen LogP contribution in [0.5, 0.6) is 0 Å². The second-order valence-electron chi connectivity index (χ2n) is 10.1. The number of amides is 1. The molecule has 0 spiro atoms. The van der Waals surface area contributed by atoms with Gasteiger partial charge in [0.25, 0.3) is 0 Å². The minimum Gasteiger partial charge on any atom is -0.444 e. The van der Waals surface area contributed by atoms with Gasteiger partial charge in [-0.25, -0.2) is 4.79 Å². The van der Waals surface area contributed by atoms with Crippen molar-refractivity contribution < 1.29 is 18.8 Å². The highest BCUT2D eigenvalue weighted by molar-refractivity contribution is 6.74. The summed E-state index contributed by atoms with van der Waals surface area (Å²) >= 11 is 0. The maximum Gasteiger partial charge on any atom is 0.410 e. The maximum atomic E-state index is 12.3. The number of aldehydes is 1. The molecule has 6 heteroatoms. The minimum absolute atomic E-state index is 0.0926. The fourth-order valence-corrected chi connectivity index (χ4v) is 4.40. The summed E-state index contributed by atoms with van der Waals surface area (Å²) in [4.78, 5) is 24.8. The number of rotatable bonds is 6. The highest BCUT2D eigenvalue weighted by atomic mass is 28.4. The Bertz CT molecular complexity index is 471. The number of hydrogen-bond acceptors (Lipinski definition) is 4. The fourth-order valence-electron chi connectivity index (χ4n) is 2.98. The Morgan fingerprint density at radius 2 is 1.62 bits per heavy atom. The monoisotopic (exact) mass is 385 g/mol. The summed E-state index contributed by atoms with van der Waals surface area (Å²) in [6.07, 6.45) is 4.81. The summed E-state index contributed by atoms with van der Waals surface area (Å²) in [7, 11) is -1.73. The van der Waals surface area contributed by atoms with Crippen LogP contribution in [0, 0.1) is 5.92 Å². The van der Waals surface area contributed by atoms with Crippen LogP contribution in [0.25, 0.3) is 0 Å². The van der Waals surface area contributed by atoms with Crippen LogP contribution >= 0.6 is 0 Å². The first-order chi connectivity index (χ1) is 11.7. The van der Waals surface area contributed by atoms with Crippen molar-refractivity contribution in [1.29, 1.82) is 0 Å². The molecule has 0 aromatic rings. The third-order valence-electron chi connectivity index (χ3n) is 5.49. The molecule has 0 atom stereocenters. The zero-order valence-corrected chi connectivity index (χ0v) is 19.1. The Morgan fingerprint density at radius 1 is 1.08 bits per heavy atom. The van der Waals surface area contributed by atoms with Gasteiger partial charge >= 0.3 is 6.09 Å². The number of carbonyl (C=O) groups is 2. The van der Waals surface area contributed by atoms with E-state index in [1.165, 1.54) is 4.90 Å². The van der Waals surface area contributed by atoms with Gasteiger partial charge in [0, 0.05) is 12.6 Å². The predicted molar refractivity (Wildman–Crippen MR) is 108 cm³/mol. The molecule has 152 valence electrons. The van der Waals surface area contributed by atoms with Gasteiger partial charge in [-0.15, -0.1) is 0 Å². The average molecular weight is 386 g/mol. The molecule has 1 aliphatic carbocycles. The fraction of sp³-hybridized carbons (Fsp3) is 0.900. The van der Waals surface area contributed by atoms with E-state index in [9.17, 15) is 9.59 Å². The van der Waals surface area contributed by atoms with Crippen molar-refractivity contribution in [2.75, 3.05) is 13.1 Å². The summed E-state index contributed by atoms with van der Waals surface area (Å²) in [6, 6.07) is 0. The summed E-state index contributed by atoms with van der Waals surface area (Å²) in [5.41, 5.74) is -0.549. The molecule has 0 unspecified atom stereocenters. The van der Waals surface area contributed by atoms with Gasteiger partial charge in [-0.1, -0.05) is 20.8 Å². The third kappa shape index (κ3) is 7.39. The number of hydrogen-bond donors (Lipinski definition) is 0. The lowest BCUT2D eigenvalue weighted by Crippen LogP contribution is -2.45. The molecule has 5 nitrogen and oxygen atoms in total. The van der Waals surface area contributed by atoms with Crippen LogP contribution < -0.4 is 0 Å². The molecular weight excluding hydrogens is 346 g/mol. The van der Waals surface area contributed by atoms with Crippen LogP contribution in [0.4, 0.5) is 4.79 Å². The summed E-state index contributed by atoms with van der Waals surface area (Å²) < 4.78 is 12.0. The molecule has 0 heterocycles. The van der Waals surface area contributed by atoms with E-state index in [1.807, 2.05) is 20.8 Å². The van der Waals surface area contributed by atoms with Gasteiger partial charge in [-0.2, -0.15) is 0 Å². The van der Waals surface area contributed by atoms with Crippen LogP contribution in [0.2, 0.25) is 18.1 Å². The van der Waals surface area contributed by atoms with E-state index in [0.29, 0.717) is 18.6 Å². The molecule has 0 aliphatic heterocycles. The third-order valence-corrected chi connectivity index (χ3v) is 10.0. The highest BCUT2D eigenvalue weighted by Gasteiger charge is 2.40. The molecule has 0 bridgehead atoms. The first kappa shape index (κ1) is 23.2. The molecule has 0 aromatic carbocycles. The Hall–Kier alpha value is -0.883. The quantitative estimate of drug-likeness (QED) is 0.477. The van der Waals surface area contributed by atoms with Crippen LogP contribution in [0.1, 0.15) is 67.2 Å². The van der Waals surface area contributed by atoms with Crippen molar-refractivity contribution in [3.63, 3.8) is 0 Å². The second-order valence-corrected chi connectivity index (χ2v) is 14.8. The van der Waals surface area contributed by atoms with Crippen molar-refractivity contribution in [1.82, 2.24) is 4.90 Å². The minimum atomic E-state index is -1.73. The standard InChI is InChI=1S/C20H39NO4Si/c1-19(2,3)24-18(23)21(13-14-22)15-16-9-11-17(12-10-16)25-26(7,8)20(4,5)6/h14,16-17H,9-13,15H2,1-8H3/t16-,17-. The first-order valence-corrected chi connectivity index (χ1v) is 12.8. The van der Waals surface area contributed by atoms with Crippen LogP contribution in [-0.2, 0) is 14.0 Å². The number of ether oxygens (including phenoxy) is 1. The zero-order valence-electron chi connectivity index (χ0n) is 18.1. The van der Waals surface area contributed by atoms with Crippen molar-refractivity contribution in [2.45, 2.75) is 97.1 Å². The Balaban J connectivity index is 2.55. The Morgan fingerprint density at radius 3 is 2.04 bits per heavy atom. The normalized spacial score (nSPS) is 22.0. The zero-order chi connectivity index (χ0) is 20.2. The van der Waals surface area contributed by atoms with Gasteiger partial charge < -0.3 is 18.9 Å². The molecule has 0 aromatic heterocycles. The largest absolute Gasteiger partial charge is 0.444 e. The SMILES string of the molecule is CC(C)(C)OC(=O)N(CC=O)C[C@H]1CC[C@H](O[Si](C)(C)C(C)(C)C)CC1. The number of carbonyl (C=O) groups excluding carboxylic acids is 2. The van der Waals surface area contributed by atoms with E-state index in [-0.39, 0.29) is 11.6 Å². The Kier molecular flexibility index (Phi) is 7.90. The second kappa shape index (κ2) is 8.87. The molecule has 0 saturated heterocycles. The summed E-state index contributed by atoms with van der Waals surface area (Å²) in [6.45, 7) is 17.6. The van der Waals surface area contributed by atoms with Crippen LogP contribution in [0.3, 0.4) is 0 Å². The van der Waals surface area contributed by atoms with E-state index in [1.54, 1.807) is 0 Å². The molecule has 0 N–H and O–H groups in total. The van der Waals surface area contributed by atoms with Crippen molar-refractivity contribution in [3.8, 4) is 0 Å². The highest BCUT2D eigenvalue weighted by Crippen LogP contribution is 2.39. The molecule has 1 amide bonds. The maximum absolute atomic E-state index is 12.3. The lowest BCUT2D eigenvalue weighted by Gasteiger charge is -2.41. The van der Waals surface area contributed by atoms with Crippen LogP contribution in [0.15, 0.2) is 0 Å². The average Bonchev–Trinajstić information content (AvgIpc) is 2.45. The van der Waals surface area contributed by atoms with E-state index >= 15 is 0 Å². The van der Waals surface area contributed by atoms with Gasteiger partial charge in [0.05, 0.1) is 6.54 Å². The molecule has 1 aliphatic rings. The van der Waals surface area contributed by atoms with E-state index in [0.717, 1.165) is 32.0 Å². The lowest BCUT2D eigenvalue weighted by molar-refractivity contribution is -0.109. The smallest absolute Gasteiger partial charge is 0.410 e. The Labute approximate surface area is 160 Å². The van der Waals surface area contributed by atoms with E-state index in [4.69, 9.17) is 9.16 Å². The van der Waals surface area contributed by atoms with Gasteiger partial charge in [0.15, 0.2) is 8.32 Å². The van der Waals surface area contributed by atoms with Gasteiger partial charge in [0.1, 0.15) is 11.9 Å². The predicted octanol–water partition coefficient (Wildman–Crippen LogP) is 5.00. The van der Waals surface area contributed by atoms with Crippen LogP contribution in [-0.4, -0.2) is 50.4 Å². The molecule has 26 heavy (non-hydrogen) atoms. The van der Waals surface area contributed by atoms with Gasteiger partial charge in [-0.3, -0.25) is 0 Å². The van der Waals surface area contributed by atoms with Gasteiger partial charge in [0.2, 0.25) is 0 Å². The molecule has 1 rings (SSSR count). The molecule has 1 fully saturated rings. The van der Waals surface area contributed by atoms with Crippen molar-refractivity contribution in [2.24, 2.45) is 5.92 Å². The lowest BCUT2D eigenvalue weighted by atomic mass is 9.87. The van der Waals surface area contributed by atoms with E-state index < -0.39 is 20.0 Å². The topological polar surface area (TPSA) is 55.8 Å². The first-order valence-electron chi connectivity index (χ1n) is 9.84. The van der Waals surface area contributed by atoms with Crippen molar-refractivity contribution in [3.05, 3.63) is 0 Å². The van der Waals surface area contributed by atoms with Crippen molar-refractivity contribution >= 4 is 20.7 Å². The number of nitrogens with zero attached hydrogens (tertiary/aromatic N) is 1. The molecule has 1 saturated carbocycles. The summed E-state index contributed by atoms with van der Waals surface area (Å²) in [5, 5.41) is 0.224. The molecular formula is C20H39NO4Si.